The molecule has 0 atom stereocenters. The molecule has 0 unspecified atom stereocenters. The van der Waals surface area contributed by atoms with Crippen molar-refractivity contribution in [2.75, 3.05) is 0 Å². The van der Waals surface area contributed by atoms with Gasteiger partial charge in [0.2, 0.25) is 0 Å². The van der Waals surface area contributed by atoms with Gasteiger partial charge in [0.25, 0.3) is 0 Å². The topological polar surface area (TPSA) is 20.2 Å². The molecule has 0 fully saturated rings. The molecule has 0 saturated heterocycles. The molecule has 16 heavy (non-hydrogen) atoms. The lowest BCUT2D eigenvalue weighted by atomic mass is 10.2. The number of hydrogen-bond donors (Lipinski definition) is 1. The molecular formula is C12H11BrOS2. The van der Waals surface area contributed by atoms with Crippen LogP contribution in [0.25, 0.3) is 0 Å². The molecule has 1 N–H and O–H groups in total. The zero-order valence-electron chi connectivity index (χ0n) is 8.52. The average molecular weight is 315 g/mol. The Kier molecular flexibility index (Phi) is 4.46. The minimum atomic E-state index is 0.114. The van der Waals surface area contributed by atoms with Crippen LogP contribution in [0.4, 0.5) is 0 Å². The van der Waals surface area contributed by atoms with E-state index in [1.807, 2.05) is 23.9 Å². The summed E-state index contributed by atoms with van der Waals surface area (Å²) in [5, 5.41) is 11.0. The van der Waals surface area contributed by atoms with Gasteiger partial charge in [0, 0.05) is 25.4 Å². The molecule has 0 spiro atoms. The summed E-state index contributed by atoms with van der Waals surface area (Å²) in [4.78, 5) is 2.60. The van der Waals surface area contributed by atoms with Crippen LogP contribution in [0.5, 0.6) is 0 Å². The zero-order chi connectivity index (χ0) is 11.4. The summed E-state index contributed by atoms with van der Waals surface area (Å²) in [5.74, 6) is 0.995. The van der Waals surface area contributed by atoms with Crippen molar-refractivity contribution in [1.82, 2.24) is 0 Å². The van der Waals surface area contributed by atoms with Gasteiger partial charge in [-0.1, -0.05) is 12.1 Å². The second kappa shape index (κ2) is 5.87. The number of hydrogen-bond acceptors (Lipinski definition) is 3. The molecule has 4 heteroatoms. The van der Waals surface area contributed by atoms with Crippen LogP contribution in [0.15, 0.2) is 45.1 Å². The highest BCUT2D eigenvalue weighted by molar-refractivity contribution is 9.10. The second-order valence-corrected chi connectivity index (χ2v) is 6.28. The quantitative estimate of drug-likeness (QED) is 0.849. The van der Waals surface area contributed by atoms with E-state index in [4.69, 9.17) is 5.11 Å². The van der Waals surface area contributed by atoms with Crippen molar-refractivity contribution >= 4 is 39.0 Å². The van der Waals surface area contributed by atoms with Gasteiger partial charge < -0.3 is 5.11 Å². The Morgan fingerprint density at radius 3 is 2.56 bits per heavy atom. The van der Waals surface area contributed by atoms with Crippen molar-refractivity contribution in [2.24, 2.45) is 0 Å². The fourth-order valence-corrected chi connectivity index (χ4v) is 3.68. The predicted octanol–water partition coefficient (Wildman–Crippen LogP) is 4.30. The van der Waals surface area contributed by atoms with Crippen molar-refractivity contribution in [3.8, 4) is 0 Å². The van der Waals surface area contributed by atoms with Gasteiger partial charge in [-0.2, -0.15) is 0 Å². The maximum Gasteiger partial charge on any atom is 0.0681 e. The first kappa shape index (κ1) is 12.2. The molecule has 84 valence electrons. The molecule has 0 radical (unpaired) electrons. The Bertz CT molecular complexity index is 450. The number of aliphatic hydroxyl groups is 1. The first-order valence-corrected chi connectivity index (χ1v) is 7.49. The van der Waals surface area contributed by atoms with E-state index in [1.165, 1.54) is 9.77 Å². The highest BCUT2D eigenvalue weighted by Gasteiger charge is 1.99. The lowest BCUT2D eigenvalue weighted by Gasteiger charge is -2.01. The van der Waals surface area contributed by atoms with Crippen molar-refractivity contribution in [3.63, 3.8) is 0 Å². The molecule has 0 aliphatic rings. The summed E-state index contributed by atoms with van der Waals surface area (Å²) in [6.45, 7) is 0.114. The lowest BCUT2D eigenvalue weighted by molar-refractivity contribution is 0.282. The summed E-state index contributed by atoms with van der Waals surface area (Å²) < 4.78 is 1.16. The van der Waals surface area contributed by atoms with Crippen LogP contribution < -0.4 is 0 Å². The van der Waals surface area contributed by atoms with Crippen LogP contribution in [0.2, 0.25) is 0 Å². The Labute approximate surface area is 112 Å². The summed E-state index contributed by atoms with van der Waals surface area (Å²) in [6, 6.07) is 10.2. The Hall–Kier alpha value is -0.290. The molecule has 0 amide bonds. The predicted molar refractivity (Wildman–Crippen MR) is 73.9 cm³/mol. The first-order valence-electron chi connectivity index (χ1n) is 4.83. The van der Waals surface area contributed by atoms with Crippen LogP contribution in [0, 0.1) is 0 Å². The zero-order valence-corrected chi connectivity index (χ0v) is 11.7. The number of benzene rings is 1. The second-order valence-electron chi connectivity index (χ2n) is 3.32. The van der Waals surface area contributed by atoms with Crippen molar-refractivity contribution in [3.05, 3.63) is 50.6 Å². The maximum absolute atomic E-state index is 8.93. The number of aliphatic hydroxyl groups excluding tert-OH is 1. The van der Waals surface area contributed by atoms with Gasteiger partial charge in [0.05, 0.1) is 6.61 Å². The highest BCUT2D eigenvalue weighted by atomic mass is 79.9. The molecule has 0 saturated carbocycles. The van der Waals surface area contributed by atoms with Gasteiger partial charge in [-0.05, 0) is 39.7 Å². The van der Waals surface area contributed by atoms with E-state index in [9.17, 15) is 0 Å². The Balaban J connectivity index is 1.94. The largest absolute Gasteiger partial charge is 0.392 e. The van der Waals surface area contributed by atoms with Gasteiger partial charge in [-0.25, -0.2) is 0 Å². The number of rotatable bonds is 4. The normalized spacial score (nSPS) is 10.6. The summed E-state index contributed by atoms with van der Waals surface area (Å²) in [7, 11) is 0. The molecular weight excluding hydrogens is 304 g/mol. The van der Waals surface area contributed by atoms with Gasteiger partial charge in [-0.15, -0.1) is 23.1 Å². The molecule has 1 aromatic heterocycles. The number of halogens is 1. The summed E-state index contributed by atoms with van der Waals surface area (Å²) in [5.41, 5.74) is 0.961. The van der Waals surface area contributed by atoms with Crippen LogP contribution >= 0.6 is 39.0 Å². The lowest BCUT2D eigenvalue weighted by Crippen LogP contribution is -1.81. The van der Waals surface area contributed by atoms with E-state index in [0.29, 0.717) is 0 Å². The van der Waals surface area contributed by atoms with E-state index in [-0.39, 0.29) is 6.61 Å². The van der Waals surface area contributed by atoms with Gasteiger partial charge in [0.15, 0.2) is 0 Å². The van der Waals surface area contributed by atoms with Crippen LogP contribution in [-0.4, -0.2) is 5.11 Å². The smallest absolute Gasteiger partial charge is 0.0681 e. The van der Waals surface area contributed by atoms with Gasteiger partial charge in [-0.3, -0.25) is 0 Å². The summed E-state index contributed by atoms with van der Waals surface area (Å²) >= 11 is 7.03. The molecule has 0 aliphatic carbocycles. The van der Waals surface area contributed by atoms with Crippen LogP contribution in [0.3, 0.4) is 0 Å². The van der Waals surface area contributed by atoms with Gasteiger partial charge >= 0.3 is 0 Å². The van der Waals surface area contributed by atoms with E-state index in [2.05, 4.69) is 39.5 Å². The van der Waals surface area contributed by atoms with Crippen LogP contribution in [0.1, 0.15) is 10.4 Å². The molecule has 1 nitrogen and oxygen atoms in total. The van der Waals surface area contributed by atoms with Gasteiger partial charge in [0.1, 0.15) is 0 Å². The highest BCUT2D eigenvalue weighted by Crippen LogP contribution is 2.28. The number of thiophene rings is 1. The molecule has 0 bridgehead atoms. The minimum Gasteiger partial charge on any atom is -0.392 e. The third-order valence-electron chi connectivity index (χ3n) is 2.11. The van der Waals surface area contributed by atoms with Crippen molar-refractivity contribution in [2.45, 2.75) is 17.3 Å². The molecule has 2 aromatic rings. The maximum atomic E-state index is 8.93. The van der Waals surface area contributed by atoms with Crippen molar-refractivity contribution in [1.29, 1.82) is 0 Å². The average Bonchev–Trinajstić information content (AvgIpc) is 2.73. The Morgan fingerprint density at radius 1 is 1.25 bits per heavy atom. The van der Waals surface area contributed by atoms with Crippen LogP contribution in [-0.2, 0) is 12.4 Å². The molecule has 1 aromatic carbocycles. The standard InChI is InChI=1S/C12H11BrOS2/c13-10-5-12(15-7-10)8-16-11-3-1-9(6-14)2-4-11/h1-5,7,14H,6,8H2. The Morgan fingerprint density at radius 2 is 2.00 bits per heavy atom. The molecule has 1 heterocycles. The third-order valence-corrected chi connectivity index (χ3v) is 5.05. The minimum absolute atomic E-state index is 0.114. The first-order chi connectivity index (χ1) is 7.78. The molecule has 2 rings (SSSR count). The fraction of sp³-hybridized carbons (Fsp3) is 0.167. The fourth-order valence-electron chi connectivity index (χ4n) is 1.28. The molecule has 0 aliphatic heterocycles. The summed E-state index contributed by atoms with van der Waals surface area (Å²) in [6.07, 6.45) is 0. The van der Waals surface area contributed by atoms with Crippen molar-refractivity contribution < 1.29 is 5.11 Å². The number of thioether (sulfide) groups is 1. The third kappa shape index (κ3) is 3.35. The monoisotopic (exact) mass is 314 g/mol. The SMILES string of the molecule is OCc1ccc(SCc2cc(Br)cs2)cc1. The van der Waals surface area contributed by atoms with E-state index in [1.54, 1.807) is 11.3 Å². The van der Waals surface area contributed by atoms with E-state index < -0.39 is 0 Å². The van der Waals surface area contributed by atoms with E-state index >= 15 is 0 Å². The van der Waals surface area contributed by atoms with E-state index in [0.717, 1.165) is 15.8 Å².